The van der Waals surface area contributed by atoms with Crippen LogP contribution in [0.15, 0.2) is 182 Å². The van der Waals surface area contributed by atoms with Crippen molar-refractivity contribution in [3.8, 4) is 0 Å². The van der Waals surface area contributed by atoms with E-state index in [1.807, 2.05) is 133 Å². The first-order valence-corrected chi connectivity index (χ1v) is 20.5. The van der Waals surface area contributed by atoms with E-state index in [0.29, 0.717) is 17.3 Å². The Morgan fingerprint density at radius 2 is 0.714 bits per heavy atom. The zero-order valence-corrected chi connectivity index (χ0v) is 34.4. The number of rotatable bonds is 13. The molecule has 6 rings (SSSR count). The standard InChI is InChI=1S/C16H16OS.C15H15NOS.C13H12O.C3H6OS.H3N/c1-13(17)12-18-16(14-8-4-2-5-9-14)15-10-6-3-7-11-15;16-14(17)11-18-15(12-7-3-1-4-8-12)13-9-5-2-6-10-13;14-13(11-7-3-1-4-8-11)12-9-5-2-6-10-12;1-3(4)2-5;/h2-11,16H,12H2,1H3;1-10,15H,11H2,(H2,16,17);1-10,13-14H;5H,2H2,1H3;1H3. The highest BCUT2D eigenvalue weighted by Gasteiger charge is 2.16. The van der Waals surface area contributed by atoms with Crippen molar-refractivity contribution in [3.05, 3.63) is 215 Å². The first-order chi connectivity index (χ1) is 26.7. The maximum absolute atomic E-state index is 11.2. The smallest absolute Gasteiger partial charge is 0.227 e. The van der Waals surface area contributed by atoms with Crippen molar-refractivity contribution in [2.75, 3.05) is 17.3 Å². The van der Waals surface area contributed by atoms with Crippen LogP contribution in [0.1, 0.15) is 63.8 Å². The monoisotopic (exact) mass is 804 g/mol. The number of Topliss-reactive ketones (excluding diaryl/α,β-unsaturated/α-hetero) is 2. The highest BCUT2D eigenvalue weighted by molar-refractivity contribution is 8.00. The molecule has 0 heterocycles. The Kier molecular flexibility index (Phi) is 23.3. The first kappa shape index (κ1) is 47.3. The van der Waals surface area contributed by atoms with Gasteiger partial charge in [-0.15, -0.1) is 23.5 Å². The van der Waals surface area contributed by atoms with Crippen molar-refractivity contribution in [1.29, 1.82) is 0 Å². The molecule has 0 aliphatic rings. The third-order valence-electron chi connectivity index (χ3n) is 7.71. The molecule has 9 heteroatoms. The molecular formula is C47H52N2O4S3. The van der Waals surface area contributed by atoms with Gasteiger partial charge >= 0.3 is 0 Å². The van der Waals surface area contributed by atoms with E-state index in [1.165, 1.54) is 29.2 Å². The van der Waals surface area contributed by atoms with Crippen LogP contribution in [-0.4, -0.2) is 39.8 Å². The topological polar surface area (TPSA) is 132 Å². The maximum atomic E-state index is 11.2. The van der Waals surface area contributed by atoms with Crippen molar-refractivity contribution in [3.63, 3.8) is 0 Å². The van der Waals surface area contributed by atoms with Gasteiger partial charge in [-0.3, -0.25) is 14.4 Å². The minimum atomic E-state index is -0.516. The van der Waals surface area contributed by atoms with Gasteiger partial charge in [0.2, 0.25) is 5.91 Å². The molecule has 1 amide bonds. The summed E-state index contributed by atoms with van der Waals surface area (Å²) in [6.45, 7) is 3.15. The lowest BCUT2D eigenvalue weighted by atomic mass is 10.0. The number of hydrogen-bond donors (Lipinski definition) is 4. The van der Waals surface area contributed by atoms with E-state index < -0.39 is 6.10 Å². The lowest BCUT2D eigenvalue weighted by molar-refractivity contribution is -0.116. The van der Waals surface area contributed by atoms with Crippen LogP contribution in [0, 0.1) is 0 Å². The molecule has 0 bridgehead atoms. The summed E-state index contributed by atoms with van der Waals surface area (Å²) < 4.78 is 0. The van der Waals surface area contributed by atoms with Crippen LogP contribution in [0.25, 0.3) is 0 Å². The molecule has 292 valence electrons. The van der Waals surface area contributed by atoms with Gasteiger partial charge in [0, 0.05) is 5.75 Å². The van der Waals surface area contributed by atoms with Crippen LogP contribution >= 0.6 is 36.2 Å². The summed E-state index contributed by atoms with van der Waals surface area (Å²) >= 11 is 6.91. The third kappa shape index (κ3) is 18.2. The van der Waals surface area contributed by atoms with E-state index in [1.54, 1.807) is 30.4 Å². The van der Waals surface area contributed by atoms with Crippen molar-refractivity contribution < 1.29 is 19.5 Å². The minimum absolute atomic E-state index is 0. The molecule has 0 atom stereocenters. The van der Waals surface area contributed by atoms with E-state index >= 15 is 0 Å². The Morgan fingerprint density at radius 3 is 0.929 bits per heavy atom. The number of amides is 1. The van der Waals surface area contributed by atoms with Crippen LogP contribution in [0.4, 0.5) is 0 Å². The molecule has 0 unspecified atom stereocenters. The number of nitrogens with two attached hydrogens (primary N) is 1. The predicted molar refractivity (Wildman–Crippen MR) is 241 cm³/mol. The van der Waals surface area contributed by atoms with Gasteiger partial charge in [-0.2, -0.15) is 12.6 Å². The molecule has 6 aromatic carbocycles. The molecule has 0 fully saturated rings. The number of aliphatic hydroxyl groups excluding tert-OH is 1. The second-order valence-electron chi connectivity index (χ2n) is 12.3. The van der Waals surface area contributed by atoms with Gasteiger partial charge in [-0.05, 0) is 47.2 Å². The normalized spacial score (nSPS) is 10.1. The molecule has 0 spiro atoms. The van der Waals surface area contributed by atoms with Gasteiger partial charge in [-0.25, -0.2) is 0 Å². The fourth-order valence-electron chi connectivity index (χ4n) is 5.11. The molecule has 6 nitrogen and oxygen atoms in total. The molecule has 0 saturated heterocycles. The molecule has 0 radical (unpaired) electrons. The number of primary amides is 1. The number of thioether (sulfide) groups is 2. The summed E-state index contributed by atoms with van der Waals surface area (Å²) in [6.07, 6.45) is -0.516. The number of thiol groups is 1. The molecule has 0 aliphatic heterocycles. The van der Waals surface area contributed by atoms with E-state index in [4.69, 9.17) is 5.73 Å². The number of carbonyl (C=O) groups is 3. The fraction of sp³-hybridized carbons (Fsp3) is 0.170. The van der Waals surface area contributed by atoms with Gasteiger partial charge in [0.15, 0.2) is 0 Å². The van der Waals surface area contributed by atoms with Crippen molar-refractivity contribution >= 4 is 53.6 Å². The summed E-state index contributed by atoms with van der Waals surface area (Å²) in [4.78, 5) is 31.9. The highest BCUT2D eigenvalue weighted by Crippen LogP contribution is 2.36. The van der Waals surface area contributed by atoms with Crippen molar-refractivity contribution in [1.82, 2.24) is 6.15 Å². The van der Waals surface area contributed by atoms with Gasteiger partial charge in [0.1, 0.15) is 17.7 Å². The largest absolute Gasteiger partial charge is 0.384 e. The predicted octanol–water partition coefficient (Wildman–Crippen LogP) is 10.5. The van der Waals surface area contributed by atoms with Crippen LogP contribution in [0.3, 0.4) is 0 Å². The molecule has 56 heavy (non-hydrogen) atoms. The van der Waals surface area contributed by atoms with E-state index in [0.717, 1.165) is 11.1 Å². The van der Waals surface area contributed by atoms with Gasteiger partial charge < -0.3 is 17.0 Å². The van der Waals surface area contributed by atoms with Crippen molar-refractivity contribution in [2.45, 2.75) is 30.5 Å². The lowest BCUT2D eigenvalue weighted by Crippen LogP contribution is -2.14. The lowest BCUT2D eigenvalue weighted by Gasteiger charge is -2.16. The molecule has 6 aromatic rings. The van der Waals surface area contributed by atoms with Gasteiger partial charge in [0.25, 0.3) is 0 Å². The zero-order valence-electron chi connectivity index (χ0n) is 31.9. The SMILES string of the molecule is CC(=O)CS.CC(=O)CSC(c1ccccc1)c1ccccc1.N.NC(=O)CSC(c1ccccc1)c1ccccc1.OC(c1ccccc1)c1ccccc1. The van der Waals surface area contributed by atoms with Crippen molar-refractivity contribution in [2.24, 2.45) is 5.73 Å². The Labute approximate surface area is 346 Å². The minimum Gasteiger partial charge on any atom is -0.384 e. The average molecular weight is 805 g/mol. The van der Waals surface area contributed by atoms with Crippen LogP contribution in [-0.2, 0) is 14.4 Å². The Balaban J connectivity index is 0.000000273. The molecular weight excluding hydrogens is 753 g/mol. The van der Waals surface area contributed by atoms with E-state index in [2.05, 4.69) is 61.2 Å². The highest BCUT2D eigenvalue weighted by atomic mass is 32.2. The quantitative estimate of drug-likeness (QED) is 0.0855. The number of hydrogen-bond acceptors (Lipinski definition) is 8. The maximum Gasteiger partial charge on any atom is 0.227 e. The zero-order chi connectivity index (χ0) is 39.7. The van der Waals surface area contributed by atoms with Gasteiger partial charge in [0.05, 0.1) is 22.0 Å². The van der Waals surface area contributed by atoms with Crippen LogP contribution < -0.4 is 11.9 Å². The number of benzene rings is 6. The van der Waals surface area contributed by atoms with E-state index in [-0.39, 0.29) is 34.1 Å². The van der Waals surface area contributed by atoms with Crippen LogP contribution in [0.2, 0.25) is 0 Å². The number of aliphatic hydroxyl groups is 1. The number of ketones is 2. The summed E-state index contributed by atoms with van der Waals surface area (Å²) in [5.41, 5.74) is 12.0. The summed E-state index contributed by atoms with van der Waals surface area (Å²) in [5, 5.41) is 10.4. The van der Waals surface area contributed by atoms with Gasteiger partial charge in [-0.1, -0.05) is 182 Å². The van der Waals surface area contributed by atoms with E-state index in [9.17, 15) is 19.5 Å². The second kappa shape index (κ2) is 27.6. The van der Waals surface area contributed by atoms with Crippen LogP contribution in [0.5, 0.6) is 0 Å². The first-order valence-electron chi connectivity index (χ1n) is 17.8. The molecule has 0 aromatic heterocycles. The summed E-state index contributed by atoms with van der Waals surface area (Å²) in [7, 11) is 0. The number of carbonyl (C=O) groups excluding carboxylic acids is 3. The molecule has 6 N–H and O–H groups in total. The summed E-state index contributed by atoms with van der Waals surface area (Å²) in [6, 6.07) is 60.3. The average Bonchev–Trinajstić information content (AvgIpc) is 3.23. The second-order valence-corrected chi connectivity index (χ2v) is 14.8. The molecule has 0 aliphatic carbocycles. The fourth-order valence-corrected chi connectivity index (χ4v) is 7.24. The third-order valence-corrected chi connectivity index (χ3v) is 10.9. The Hall–Kier alpha value is -4.90. The summed E-state index contributed by atoms with van der Waals surface area (Å²) in [5.74, 6) is 1.30. The Bertz CT molecular complexity index is 1720. The molecule has 0 saturated carbocycles. The Morgan fingerprint density at radius 1 is 0.482 bits per heavy atom.